The highest BCUT2D eigenvalue weighted by atomic mass is 19.1. The van der Waals surface area contributed by atoms with Gasteiger partial charge in [0.05, 0.1) is 12.0 Å². The molecule has 0 unspecified atom stereocenters. The molecular weight excluding hydrogens is 494 g/mol. The Morgan fingerprint density at radius 3 is 2.47 bits per heavy atom. The number of hydrogen-bond donors (Lipinski definition) is 2. The van der Waals surface area contributed by atoms with Gasteiger partial charge in [0.15, 0.2) is 11.6 Å². The Bertz CT molecular complexity index is 1680. The Balaban J connectivity index is 1.59. The molecule has 0 aliphatic carbocycles. The summed E-state index contributed by atoms with van der Waals surface area (Å²) in [5.41, 5.74) is 8.21. The Morgan fingerprint density at radius 1 is 0.974 bits per heavy atom. The molecule has 0 aliphatic rings. The number of hydrogen-bond acceptors (Lipinski definition) is 6. The van der Waals surface area contributed by atoms with Crippen molar-refractivity contribution in [3.05, 3.63) is 94.9 Å². The molecule has 9 heteroatoms. The molecule has 5 aromatic rings. The van der Waals surface area contributed by atoms with Gasteiger partial charge < -0.3 is 29.3 Å². The van der Waals surface area contributed by atoms with Gasteiger partial charge in [0.2, 0.25) is 0 Å². The number of fused-ring (bicyclic) bond motifs is 1. The van der Waals surface area contributed by atoms with E-state index in [1.165, 1.54) is 10.6 Å². The van der Waals surface area contributed by atoms with Gasteiger partial charge in [-0.1, -0.05) is 0 Å². The van der Waals surface area contributed by atoms with Crippen molar-refractivity contribution in [2.24, 2.45) is 7.05 Å². The smallest absolute Gasteiger partial charge is 0.261 e. The van der Waals surface area contributed by atoms with Crippen LogP contribution in [0.25, 0.3) is 33.4 Å². The van der Waals surface area contributed by atoms with E-state index < -0.39 is 11.6 Å². The van der Waals surface area contributed by atoms with E-state index in [1.807, 2.05) is 12.1 Å². The molecule has 0 fully saturated rings. The SMILES string of the molecule is Cn1cc(-c2cc(N)ccc2Oc2ccc(F)cc2F)c2oc(-c3ccc(OCCCO)cc3)cc2c1=O. The van der Waals surface area contributed by atoms with Crippen LogP contribution < -0.4 is 20.8 Å². The van der Waals surface area contributed by atoms with Crippen LogP contribution in [0.2, 0.25) is 0 Å². The molecule has 38 heavy (non-hydrogen) atoms. The number of furan rings is 1. The fourth-order valence-electron chi connectivity index (χ4n) is 4.08. The van der Waals surface area contributed by atoms with Crippen molar-refractivity contribution in [3.63, 3.8) is 0 Å². The van der Waals surface area contributed by atoms with Crippen LogP contribution in [0.4, 0.5) is 14.5 Å². The van der Waals surface area contributed by atoms with Gasteiger partial charge >= 0.3 is 0 Å². The normalized spacial score (nSPS) is 11.2. The fourth-order valence-corrected chi connectivity index (χ4v) is 4.08. The van der Waals surface area contributed by atoms with Gasteiger partial charge in [0, 0.05) is 54.7 Å². The van der Waals surface area contributed by atoms with E-state index in [1.54, 1.807) is 49.6 Å². The van der Waals surface area contributed by atoms with Crippen molar-refractivity contribution in [1.82, 2.24) is 4.57 Å². The zero-order chi connectivity index (χ0) is 26.8. The highest BCUT2D eigenvalue weighted by molar-refractivity contribution is 5.96. The van der Waals surface area contributed by atoms with Crippen molar-refractivity contribution in [2.45, 2.75) is 6.42 Å². The number of nitrogens with zero attached hydrogens (tertiary/aromatic N) is 1. The monoisotopic (exact) mass is 518 g/mol. The first-order chi connectivity index (χ1) is 18.3. The highest BCUT2D eigenvalue weighted by Gasteiger charge is 2.20. The molecule has 0 spiro atoms. The minimum atomic E-state index is -0.859. The molecule has 3 N–H and O–H groups in total. The first kappa shape index (κ1) is 25.0. The van der Waals surface area contributed by atoms with Crippen molar-refractivity contribution >= 4 is 16.7 Å². The molecule has 0 radical (unpaired) electrons. The van der Waals surface area contributed by atoms with Crippen LogP contribution in [0.3, 0.4) is 0 Å². The maximum absolute atomic E-state index is 14.4. The van der Waals surface area contributed by atoms with Crippen molar-refractivity contribution in [3.8, 4) is 39.7 Å². The van der Waals surface area contributed by atoms with E-state index in [2.05, 4.69) is 0 Å². The lowest BCUT2D eigenvalue weighted by Gasteiger charge is -2.14. The summed E-state index contributed by atoms with van der Waals surface area (Å²) in [6.07, 6.45) is 2.12. The average Bonchev–Trinajstić information content (AvgIpc) is 3.35. The zero-order valence-electron chi connectivity index (χ0n) is 20.4. The fraction of sp³-hybridized carbons (Fsp3) is 0.138. The molecule has 0 saturated heterocycles. The summed E-state index contributed by atoms with van der Waals surface area (Å²) in [4.78, 5) is 13.0. The van der Waals surface area contributed by atoms with Gasteiger partial charge in [-0.05, 0) is 60.7 Å². The third kappa shape index (κ3) is 4.96. The number of ether oxygens (including phenoxy) is 2. The average molecular weight is 519 g/mol. The Hall–Kier alpha value is -4.63. The van der Waals surface area contributed by atoms with Crippen LogP contribution in [0.15, 0.2) is 82.1 Å². The molecule has 7 nitrogen and oxygen atoms in total. The number of aryl methyl sites for hydroxylation is 1. The van der Waals surface area contributed by atoms with E-state index in [4.69, 9.17) is 24.7 Å². The molecule has 2 aromatic heterocycles. The number of aliphatic hydroxyl groups excluding tert-OH is 1. The Labute approximate surface area is 216 Å². The van der Waals surface area contributed by atoms with Crippen LogP contribution in [-0.2, 0) is 7.05 Å². The van der Waals surface area contributed by atoms with E-state index in [9.17, 15) is 13.6 Å². The van der Waals surface area contributed by atoms with Crippen molar-refractivity contribution in [1.29, 1.82) is 0 Å². The molecule has 0 aliphatic heterocycles. The molecule has 0 saturated carbocycles. The second kappa shape index (κ2) is 10.4. The van der Waals surface area contributed by atoms with Crippen LogP contribution in [-0.4, -0.2) is 22.9 Å². The number of anilines is 1. The van der Waals surface area contributed by atoms with E-state index >= 15 is 0 Å². The Morgan fingerprint density at radius 2 is 1.74 bits per heavy atom. The third-order valence-corrected chi connectivity index (χ3v) is 5.97. The van der Waals surface area contributed by atoms with Gasteiger partial charge in [0.25, 0.3) is 5.56 Å². The van der Waals surface area contributed by atoms with Crippen molar-refractivity contribution in [2.75, 3.05) is 18.9 Å². The molecule has 5 rings (SSSR count). The minimum Gasteiger partial charge on any atom is -0.494 e. The summed E-state index contributed by atoms with van der Waals surface area (Å²) in [5.74, 6) is -0.402. The van der Waals surface area contributed by atoms with Gasteiger partial charge in [-0.25, -0.2) is 8.78 Å². The first-order valence-corrected chi connectivity index (χ1v) is 11.8. The minimum absolute atomic E-state index is 0.0486. The van der Waals surface area contributed by atoms with Crippen molar-refractivity contribution < 1.29 is 27.8 Å². The maximum Gasteiger partial charge on any atom is 0.261 e. The second-order valence-electron chi connectivity index (χ2n) is 8.69. The van der Waals surface area contributed by atoms with E-state index in [-0.39, 0.29) is 23.7 Å². The van der Waals surface area contributed by atoms with Crippen LogP contribution in [0.1, 0.15) is 6.42 Å². The second-order valence-corrected chi connectivity index (χ2v) is 8.69. The Kier molecular flexibility index (Phi) is 6.85. The molecule has 2 heterocycles. The van der Waals surface area contributed by atoms with E-state index in [0.717, 1.165) is 17.7 Å². The quantitative estimate of drug-likeness (QED) is 0.197. The summed E-state index contributed by atoms with van der Waals surface area (Å²) in [5, 5.41) is 9.25. The number of benzene rings is 3. The lowest BCUT2D eigenvalue weighted by Crippen LogP contribution is -2.15. The number of aromatic nitrogens is 1. The number of aliphatic hydroxyl groups is 1. The lowest BCUT2D eigenvalue weighted by molar-refractivity contribution is 0.233. The molecule has 0 amide bonds. The van der Waals surface area contributed by atoms with E-state index in [0.29, 0.717) is 52.3 Å². The van der Waals surface area contributed by atoms with Gasteiger partial charge in [-0.15, -0.1) is 0 Å². The van der Waals surface area contributed by atoms with Crippen LogP contribution in [0.5, 0.6) is 17.2 Å². The topological polar surface area (TPSA) is 99.8 Å². The van der Waals surface area contributed by atoms with Gasteiger partial charge in [-0.2, -0.15) is 0 Å². The number of halogens is 2. The summed E-state index contributed by atoms with van der Waals surface area (Å²) in [7, 11) is 1.61. The van der Waals surface area contributed by atoms with Gasteiger partial charge in [-0.3, -0.25) is 4.79 Å². The van der Waals surface area contributed by atoms with Crippen LogP contribution in [0, 0.1) is 11.6 Å². The maximum atomic E-state index is 14.4. The lowest BCUT2D eigenvalue weighted by atomic mass is 10.0. The largest absolute Gasteiger partial charge is 0.494 e. The zero-order valence-corrected chi connectivity index (χ0v) is 20.4. The summed E-state index contributed by atoms with van der Waals surface area (Å²) in [6, 6.07) is 16.7. The first-order valence-electron chi connectivity index (χ1n) is 11.8. The molecule has 194 valence electrons. The van der Waals surface area contributed by atoms with Gasteiger partial charge in [0.1, 0.15) is 28.7 Å². The third-order valence-electron chi connectivity index (χ3n) is 5.97. The highest BCUT2D eigenvalue weighted by Crippen LogP contribution is 2.40. The molecule has 3 aromatic carbocycles. The summed E-state index contributed by atoms with van der Waals surface area (Å²) in [6.45, 7) is 0.444. The summed E-state index contributed by atoms with van der Waals surface area (Å²) >= 11 is 0. The molecular formula is C29H24F2N2O5. The van der Waals surface area contributed by atoms with Crippen LogP contribution >= 0.6 is 0 Å². The number of pyridine rings is 1. The number of rotatable bonds is 8. The predicted molar refractivity (Wildman–Crippen MR) is 140 cm³/mol. The summed E-state index contributed by atoms with van der Waals surface area (Å²) < 4.78 is 46.8. The number of nitrogens with two attached hydrogens (primary N) is 1. The molecule has 0 bridgehead atoms. The molecule has 0 atom stereocenters. The standard InChI is InChI=1S/C29H24F2N2O5/c1-33-16-23(21-14-19(32)6-10-25(21)37-26-9-5-18(30)13-24(26)31)28-22(29(33)35)15-27(38-28)17-3-7-20(8-4-17)36-12-2-11-34/h3-10,13-16,34H,2,11-12,32H2,1H3. The predicted octanol–water partition coefficient (Wildman–Crippen LogP) is 5.88. The number of nitrogen functional groups attached to an aromatic ring is 1.